The van der Waals surface area contributed by atoms with Crippen molar-refractivity contribution < 1.29 is 19.1 Å². The van der Waals surface area contributed by atoms with Crippen LogP contribution in [0.15, 0.2) is 24.3 Å². The third-order valence-electron chi connectivity index (χ3n) is 3.98. The average molecular weight is 275 g/mol. The van der Waals surface area contributed by atoms with Gasteiger partial charge in [-0.1, -0.05) is 24.3 Å². The van der Waals surface area contributed by atoms with Crippen molar-refractivity contribution in [3.63, 3.8) is 0 Å². The van der Waals surface area contributed by atoms with E-state index in [0.29, 0.717) is 17.5 Å². The van der Waals surface area contributed by atoms with Gasteiger partial charge in [0.1, 0.15) is 0 Å². The highest BCUT2D eigenvalue weighted by Gasteiger charge is 2.44. The van der Waals surface area contributed by atoms with Crippen molar-refractivity contribution in [3.05, 3.63) is 35.4 Å². The average Bonchev–Trinajstić information content (AvgIpc) is 2.46. The molecule has 0 aromatic heterocycles. The first-order valence-corrected chi connectivity index (χ1v) is 6.50. The van der Waals surface area contributed by atoms with Crippen LogP contribution < -0.4 is 5.73 Å². The molecule has 1 aliphatic carbocycles. The summed E-state index contributed by atoms with van der Waals surface area (Å²) < 4.78 is 4.62. The van der Waals surface area contributed by atoms with Crippen LogP contribution in [0.25, 0.3) is 0 Å². The summed E-state index contributed by atoms with van der Waals surface area (Å²) in [6.45, 7) is 0. The van der Waals surface area contributed by atoms with E-state index in [2.05, 4.69) is 4.74 Å². The van der Waals surface area contributed by atoms with Gasteiger partial charge in [0, 0.05) is 18.4 Å². The Kier molecular flexibility index (Phi) is 3.88. The Morgan fingerprint density at radius 1 is 1.35 bits per heavy atom. The normalized spacial score (nSPS) is 21.1. The first kappa shape index (κ1) is 14.2. The van der Waals surface area contributed by atoms with Crippen LogP contribution in [0.2, 0.25) is 0 Å². The van der Waals surface area contributed by atoms with Gasteiger partial charge < -0.3 is 10.5 Å². The number of Topliss-reactive ketones (excluding diaryl/α,β-unsaturated/α-hetero) is 1. The zero-order chi connectivity index (χ0) is 14.8. The van der Waals surface area contributed by atoms with Crippen LogP contribution in [0.1, 0.15) is 41.6 Å². The highest BCUT2D eigenvalue weighted by Crippen LogP contribution is 2.40. The molecule has 1 aliphatic rings. The van der Waals surface area contributed by atoms with Gasteiger partial charge in [-0.25, -0.2) is 0 Å². The second kappa shape index (κ2) is 5.45. The lowest BCUT2D eigenvalue weighted by molar-refractivity contribution is -0.141. The quantitative estimate of drug-likeness (QED) is 0.840. The fourth-order valence-electron chi connectivity index (χ4n) is 2.80. The molecule has 0 saturated heterocycles. The molecule has 0 saturated carbocycles. The predicted molar refractivity (Wildman–Crippen MR) is 72.1 cm³/mol. The molecule has 0 fully saturated rings. The number of ketones is 1. The molecule has 2 rings (SSSR count). The predicted octanol–water partition coefficient (Wildman–Crippen LogP) is 1.34. The van der Waals surface area contributed by atoms with Gasteiger partial charge in [0.2, 0.25) is 5.91 Å². The number of primary amides is 1. The van der Waals surface area contributed by atoms with Crippen LogP contribution in [0.3, 0.4) is 0 Å². The second-order valence-corrected chi connectivity index (χ2v) is 4.99. The maximum Gasteiger partial charge on any atom is 0.305 e. The standard InChI is InChI=1S/C15H17NO4/c1-20-13(18)7-9-15(14(16)19)8-6-12(17)10-4-2-3-5-11(10)15/h2-5H,6-9H2,1H3,(H2,16,19). The molecule has 106 valence electrons. The van der Waals surface area contributed by atoms with E-state index in [4.69, 9.17) is 5.73 Å². The Hall–Kier alpha value is -2.17. The monoisotopic (exact) mass is 275 g/mol. The minimum atomic E-state index is -0.960. The van der Waals surface area contributed by atoms with Gasteiger partial charge in [0.15, 0.2) is 5.78 Å². The number of benzene rings is 1. The summed E-state index contributed by atoms with van der Waals surface area (Å²) in [5.41, 5.74) is 5.79. The molecule has 1 unspecified atom stereocenters. The highest BCUT2D eigenvalue weighted by molar-refractivity contribution is 6.03. The number of ether oxygens (including phenoxy) is 1. The molecule has 5 nitrogen and oxygen atoms in total. The number of esters is 1. The lowest BCUT2D eigenvalue weighted by Gasteiger charge is -2.35. The number of rotatable bonds is 4. The second-order valence-electron chi connectivity index (χ2n) is 4.99. The van der Waals surface area contributed by atoms with E-state index >= 15 is 0 Å². The molecule has 1 atom stereocenters. The van der Waals surface area contributed by atoms with Gasteiger partial charge in [-0.05, 0) is 18.4 Å². The lowest BCUT2D eigenvalue weighted by Crippen LogP contribution is -2.45. The van der Waals surface area contributed by atoms with Crippen molar-refractivity contribution in [2.24, 2.45) is 5.73 Å². The summed E-state index contributed by atoms with van der Waals surface area (Å²) in [6.07, 6.45) is 0.970. The number of carbonyl (C=O) groups is 3. The Morgan fingerprint density at radius 2 is 2.05 bits per heavy atom. The number of carbonyl (C=O) groups excluding carboxylic acids is 3. The van der Waals surface area contributed by atoms with Crippen molar-refractivity contribution in [1.29, 1.82) is 0 Å². The third kappa shape index (κ3) is 2.31. The van der Waals surface area contributed by atoms with Crippen LogP contribution in [0, 0.1) is 0 Å². The molecule has 1 aromatic carbocycles. The van der Waals surface area contributed by atoms with Crippen molar-refractivity contribution in [2.75, 3.05) is 7.11 Å². The van der Waals surface area contributed by atoms with Crippen LogP contribution in [0.4, 0.5) is 0 Å². The van der Waals surface area contributed by atoms with Gasteiger partial charge in [-0.3, -0.25) is 14.4 Å². The van der Waals surface area contributed by atoms with Crippen molar-refractivity contribution in [2.45, 2.75) is 31.1 Å². The molecular formula is C15H17NO4. The van der Waals surface area contributed by atoms with Crippen LogP contribution in [-0.4, -0.2) is 24.8 Å². The molecule has 20 heavy (non-hydrogen) atoms. The Labute approximate surface area is 117 Å². The summed E-state index contributed by atoms with van der Waals surface area (Å²) in [4.78, 5) is 35.3. The molecule has 2 N–H and O–H groups in total. The van der Waals surface area contributed by atoms with E-state index < -0.39 is 11.3 Å². The summed E-state index contributed by atoms with van der Waals surface area (Å²) in [5, 5.41) is 0. The van der Waals surface area contributed by atoms with Gasteiger partial charge in [0.25, 0.3) is 0 Å². The van der Waals surface area contributed by atoms with E-state index in [-0.39, 0.29) is 31.0 Å². The van der Waals surface area contributed by atoms with Gasteiger partial charge in [-0.15, -0.1) is 0 Å². The molecule has 0 spiro atoms. The van der Waals surface area contributed by atoms with Gasteiger partial charge in [0.05, 0.1) is 12.5 Å². The molecule has 5 heteroatoms. The maximum atomic E-state index is 12.0. The molecule has 1 aromatic rings. The summed E-state index contributed by atoms with van der Waals surface area (Å²) in [7, 11) is 1.30. The molecular weight excluding hydrogens is 258 g/mol. The molecule has 1 amide bonds. The minimum Gasteiger partial charge on any atom is -0.469 e. The summed E-state index contributed by atoms with van der Waals surface area (Å²) >= 11 is 0. The number of amides is 1. The number of nitrogens with two attached hydrogens (primary N) is 1. The Balaban J connectivity index is 2.43. The van der Waals surface area contributed by atoms with E-state index in [9.17, 15) is 14.4 Å². The molecule has 0 bridgehead atoms. The van der Waals surface area contributed by atoms with Crippen molar-refractivity contribution >= 4 is 17.7 Å². The number of methoxy groups -OCH3 is 1. The minimum absolute atomic E-state index is 0.00976. The first-order chi connectivity index (χ1) is 9.51. The van der Waals surface area contributed by atoms with E-state index in [1.807, 2.05) is 0 Å². The number of hydrogen-bond acceptors (Lipinski definition) is 4. The summed E-state index contributed by atoms with van der Waals surface area (Å²) in [6, 6.07) is 6.97. The topological polar surface area (TPSA) is 86.5 Å². The van der Waals surface area contributed by atoms with Crippen LogP contribution in [0.5, 0.6) is 0 Å². The molecule has 0 heterocycles. The van der Waals surface area contributed by atoms with Crippen molar-refractivity contribution in [3.8, 4) is 0 Å². The zero-order valence-corrected chi connectivity index (χ0v) is 11.3. The van der Waals surface area contributed by atoms with Gasteiger partial charge >= 0.3 is 5.97 Å². The Bertz CT molecular complexity index is 567. The van der Waals surface area contributed by atoms with Crippen LogP contribution >= 0.6 is 0 Å². The maximum absolute atomic E-state index is 12.0. The molecule has 0 radical (unpaired) electrons. The number of fused-ring (bicyclic) bond motifs is 1. The van der Waals surface area contributed by atoms with Gasteiger partial charge in [-0.2, -0.15) is 0 Å². The van der Waals surface area contributed by atoms with E-state index in [1.165, 1.54) is 7.11 Å². The Morgan fingerprint density at radius 3 is 2.70 bits per heavy atom. The number of hydrogen-bond donors (Lipinski definition) is 1. The third-order valence-corrected chi connectivity index (χ3v) is 3.98. The first-order valence-electron chi connectivity index (χ1n) is 6.50. The molecule has 0 aliphatic heterocycles. The SMILES string of the molecule is COC(=O)CCC1(C(N)=O)CCC(=O)c2ccccc21. The van der Waals surface area contributed by atoms with E-state index in [0.717, 1.165) is 0 Å². The fraction of sp³-hybridized carbons (Fsp3) is 0.400. The highest BCUT2D eigenvalue weighted by atomic mass is 16.5. The lowest BCUT2D eigenvalue weighted by atomic mass is 9.66. The largest absolute Gasteiger partial charge is 0.469 e. The van der Waals surface area contributed by atoms with E-state index in [1.54, 1.807) is 24.3 Å². The van der Waals surface area contributed by atoms with Crippen LogP contribution in [-0.2, 0) is 19.7 Å². The summed E-state index contributed by atoms with van der Waals surface area (Å²) in [5.74, 6) is -0.878. The van der Waals surface area contributed by atoms with Crippen molar-refractivity contribution in [1.82, 2.24) is 0 Å². The zero-order valence-electron chi connectivity index (χ0n) is 11.3. The fourth-order valence-corrected chi connectivity index (χ4v) is 2.80. The smallest absolute Gasteiger partial charge is 0.305 e.